The van der Waals surface area contributed by atoms with E-state index in [1.807, 2.05) is 44.2 Å². The molecule has 1 unspecified atom stereocenters. The van der Waals surface area contributed by atoms with Crippen molar-refractivity contribution in [1.82, 2.24) is 14.8 Å². The molecule has 1 heterocycles. The van der Waals surface area contributed by atoms with Gasteiger partial charge in [-0.15, -0.1) is 11.8 Å². The minimum absolute atomic E-state index is 0.0158. The molecule has 0 spiro atoms. The number of nitrogens with zero attached hydrogens (tertiary/aromatic N) is 3. The van der Waals surface area contributed by atoms with Gasteiger partial charge in [0, 0.05) is 22.1 Å². The molecule has 0 fully saturated rings. The standard InChI is InChI=1S/C22H25F2N3O2S/c1-21(2,30-11-10-29-13-17-6-4-3-5-7-17)22(28,14-27-16-25-15-26-27)19-9-8-18(23)12-20(19)24/h3-9,12,15-16,28H,10-11,13-14H2,1-2H3. The van der Waals surface area contributed by atoms with E-state index in [1.165, 1.54) is 35.2 Å². The first-order chi connectivity index (χ1) is 14.3. The number of aromatic nitrogens is 3. The van der Waals surface area contributed by atoms with E-state index in [4.69, 9.17) is 4.74 Å². The topological polar surface area (TPSA) is 60.2 Å². The van der Waals surface area contributed by atoms with E-state index in [0.29, 0.717) is 19.0 Å². The van der Waals surface area contributed by atoms with Gasteiger partial charge in [0.15, 0.2) is 0 Å². The molecule has 0 amide bonds. The van der Waals surface area contributed by atoms with Crippen LogP contribution in [0.15, 0.2) is 61.2 Å². The normalized spacial score (nSPS) is 13.9. The van der Waals surface area contributed by atoms with Gasteiger partial charge in [0.1, 0.15) is 29.9 Å². The highest BCUT2D eigenvalue weighted by atomic mass is 32.2. The molecule has 3 rings (SSSR count). The fourth-order valence-electron chi connectivity index (χ4n) is 3.21. The molecular weight excluding hydrogens is 408 g/mol. The van der Waals surface area contributed by atoms with Crippen molar-refractivity contribution in [3.05, 3.63) is 83.9 Å². The molecule has 0 aliphatic heterocycles. The Morgan fingerprint density at radius 1 is 1.13 bits per heavy atom. The van der Waals surface area contributed by atoms with Gasteiger partial charge in [0.05, 0.1) is 19.8 Å². The number of thioether (sulfide) groups is 1. The molecule has 1 aromatic heterocycles. The molecule has 3 aromatic rings. The Kier molecular flexibility index (Phi) is 7.23. The van der Waals surface area contributed by atoms with Crippen molar-refractivity contribution in [2.45, 2.75) is 37.3 Å². The third-order valence-corrected chi connectivity index (χ3v) is 6.46. The van der Waals surface area contributed by atoms with Crippen molar-refractivity contribution in [3.8, 4) is 0 Å². The third-order valence-electron chi connectivity index (χ3n) is 5.03. The summed E-state index contributed by atoms with van der Waals surface area (Å²) in [6, 6.07) is 13.1. The molecule has 0 radical (unpaired) electrons. The van der Waals surface area contributed by atoms with Gasteiger partial charge < -0.3 is 9.84 Å². The third kappa shape index (κ3) is 5.24. The molecule has 160 valence electrons. The maximum Gasteiger partial charge on any atom is 0.137 e. The lowest BCUT2D eigenvalue weighted by atomic mass is 9.82. The summed E-state index contributed by atoms with van der Waals surface area (Å²) in [5, 5.41) is 15.7. The molecule has 0 saturated heterocycles. The molecular formula is C22H25F2N3O2S. The average molecular weight is 434 g/mol. The molecule has 30 heavy (non-hydrogen) atoms. The van der Waals surface area contributed by atoms with E-state index >= 15 is 0 Å². The predicted octanol–water partition coefficient (Wildman–Crippen LogP) is 4.17. The van der Waals surface area contributed by atoms with Gasteiger partial charge in [0.25, 0.3) is 0 Å². The van der Waals surface area contributed by atoms with Gasteiger partial charge in [-0.25, -0.2) is 18.4 Å². The van der Waals surface area contributed by atoms with Gasteiger partial charge in [-0.2, -0.15) is 5.10 Å². The molecule has 8 heteroatoms. The lowest BCUT2D eigenvalue weighted by Gasteiger charge is -2.42. The van der Waals surface area contributed by atoms with Gasteiger partial charge in [-0.1, -0.05) is 36.4 Å². The van der Waals surface area contributed by atoms with Gasteiger partial charge >= 0.3 is 0 Å². The van der Waals surface area contributed by atoms with E-state index in [2.05, 4.69) is 10.1 Å². The summed E-state index contributed by atoms with van der Waals surface area (Å²) in [6.07, 6.45) is 2.80. The Hall–Kier alpha value is -2.29. The van der Waals surface area contributed by atoms with Crippen LogP contribution in [-0.4, -0.2) is 37.0 Å². The maximum absolute atomic E-state index is 14.7. The number of hydrogen-bond donors (Lipinski definition) is 1. The molecule has 1 atom stereocenters. The zero-order valence-corrected chi connectivity index (χ0v) is 17.8. The van der Waals surface area contributed by atoms with Crippen LogP contribution in [0.2, 0.25) is 0 Å². The molecule has 5 nitrogen and oxygen atoms in total. The van der Waals surface area contributed by atoms with Crippen LogP contribution in [-0.2, 0) is 23.5 Å². The second kappa shape index (κ2) is 9.68. The van der Waals surface area contributed by atoms with E-state index in [9.17, 15) is 13.9 Å². The summed E-state index contributed by atoms with van der Waals surface area (Å²) in [6.45, 7) is 4.59. The quantitative estimate of drug-likeness (QED) is 0.486. The second-order valence-electron chi connectivity index (χ2n) is 7.47. The van der Waals surface area contributed by atoms with Crippen molar-refractivity contribution in [3.63, 3.8) is 0 Å². The van der Waals surface area contributed by atoms with E-state index in [1.54, 1.807) is 0 Å². The lowest BCUT2D eigenvalue weighted by Crippen LogP contribution is -2.49. The smallest absolute Gasteiger partial charge is 0.137 e. The highest BCUT2D eigenvalue weighted by molar-refractivity contribution is 8.00. The van der Waals surface area contributed by atoms with E-state index < -0.39 is 22.0 Å². The van der Waals surface area contributed by atoms with Crippen LogP contribution in [0.4, 0.5) is 8.78 Å². The van der Waals surface area contributed by atoms with Crippen molar-refractivity contribution >= 4 is 11.8 Å². The molecule has 0 aliphatic rings. The first kappa shape index (κ1) is 22.4. The van der Waals surface area contributed by atoms with Crippen molar-refractivity contribution in [2.24, 2.45) is 0 Å². The van der Waals surface area contributed by atoms with Crippen LogP contribution >= 0.6 is 11.8 Å². The van der Waals surface area contributed by atoms with Crippen LogP contribution in [0.3, 0.4) is 0 Å². The number of benzene rings is 2. The lowest BCUT2D eigenvalue weighted by molar-refractivity contribution is -0.0171. The Morgan fingerprint density at radius 2 is 1.90 bits per heavy atom. The summed E-state index contributed by atoms with van der Waals surface area (Å²) in [7, 11) is 0. The SMILES string of the molecule is CC(C)(SCCOCc1ccccc1)C(O)(Cn1cncn1)c1ccc(F)cc1F. The highest BCUT2D eigenvalue weighted by Crippen LogP contribution is 2.44. The largest absolute Gasteiger partial charge is 0.382 e. The predicted molar refractivity (Wildman–Crippen MR) is 113 cm³/mol. The Balaban J connectivity index is 1.72. The van der Waals surface area contributed by atoms with Crippen LogP contribution in [0.1, 0.15) is 25.0 Å². The Bertz CT molecular complexity index is 939. The summed E-state index contributed by atoms with van der Waals surface area (Å²) >= 11 is 1.45. The Morgan fingerprint density at radius 3 is 2.57 bits per heavy atom. The van der Waals surface area contributed by atoms with Crippen molar-refractivity contribution < 1.29 is 18.6 Å². The molecule has 0 aliphatic carbocycles. The minimum atomic E-state index is -1.66. The summed E-state index contributed by atoms with van der Waals surface area (Å²) < 4.78 is 34.4. The Labute approximate surface area is 179 Å². The summed E-state index contributed by atoms with van der Waals surface area (Å²) in [5.41, 5.74) is -0.567. The van der Waals surface area contributed by atoms with E-state index in [-0.39, 0.29) is 12.1 Å². The number of ether oxygens (including phenoxy) is 1. The maximum atomic E-state index is 14.7. The average Bonchev–Trinajstić information content (AvgIpc) is 3.21. The van der Waals surface area contributed by atoms with Crippen LogP contribution < -0.4 is 0 Å². The van der Waals surface area contributed by atoms with Crippen LogP contribution in [0.25, 0.3) is 0 Å². The molecule has 1 N–H and O–H groups in total. The summed E-state index contributed by atoms with van der Waals surface area (Å²) in [5.74, 6) is -0.909. The zero-order chi connectivity index (χ0) is 21.6. The van der Waals surface area contributed by atoms with Crippen molar-refractivity contribution in [1.29, 1.82) is 0 Å². The first-order valence-electron chi connectivity index (χ1n) is 9.58. The van der Waals surface area contributed by atoms with E-state index in [0.717, 1.165) is 17.7 Å². The van der Waals surface area contributed by atoms with Crippen LogP contribution in [0.5, 0.6) is 0 Å². The highest BCUT2D eigenvalue weighted by Gasteiger charge is 2.47. The second-order valence-corrected chi connectivity index (χ2v) is 9.19. The fourth-order valence-corrected chi connectivity index (χ4v) is 4.34. The van der Waals surface area contributed by atoms with Gasteiger partial charge in [-0.3, -0.25) is 0 Å². The van der Waals surface area contributed by atoms with Crippen molar-refractivity contribution in [2.75, 3.05) is 12.4 Å². The van der Waals surface area contributed by atoms with Crippen LogP contribution in [0, 0.1) is 11.6 Å². The fraction of sp³-hybridized carbons (Fsp3) is 0.364. The first-order valence-corrected chi connectivity index (χ1v) is 10.6. The number of hydrogen-bond acceptors (Lipinski definition) is 5. The number of aliphatic hydroxyl groups is 1. The monoisotopic (exact) mass is 433 g/mol. The molecule has 0 bridgehead atoms. The number of halogens is 2. The van der Waals surface area contributed by atoms with Gasteiger partial charge in [-0.05, 0) is 25.5 Å². The minimum Gasteiger partial charge on any atom is -0.382 e. The molecule has 2 aromatic carbocycles. The molecule has 0 saturated carbocycles. The number of rotatable bonds is 10. The van der Waals surface area contributed by atoms with Gasteiger partial charge in [0.2, 0.25) is 0 Å². The zero-order valence-electron chi connectivity index (χ0n) is 17.0. The summed E-state index contributed by atoms with van der Waals surface area (Å²) in [4.78, 5) is 3.89.